The largest absolute Gasteiger partial charge is 0.368 e. The minimum Gasteiger partial charge on any atom is -0.368 e. The predicted octanol–water partition coefficient (Wildman–Crippen LogP) is 4.02. The highest BCUT2D eigenvalue weighted by molar-refractivity contribution is 9.10. The van der Waals surface area contributed by atoms with Crippen molar-refractivity contribution < 1.29 is 4.79 Å². The summed E-state index contributed by atoms with van der Waals surface area (Å²) in [6.45, 7) is 4.80. The van der Waals surface area contributed by atoms with Crippen molar-refractivity contribution in [3.8, 4) is 0 Å². The van der Waals surface area contributed by atoms with E-state index in [1.54, 1.807) is 0 Å². The Morgan fingerprint density at radius 3 is 2.65 bits per heavy atom. The molecule has 0 aliphatic carbocycles. The fraction of sp³-hybridized carbons (Fsp3) is 0.263. The summed E-state index contributed by atoms with van der Waals surface area (Å²) in [6, 6.07) is 11.7. The van der Waals surface area contributed by atoms with Crippen molar-refractivity contribution in [2.45, 2.75) is 6.92 Å². The summed E-state index contributed by atoms with van der Waals surface area (Å²) >= 11 is 9.56. The molecule has 1 aromatic carbocycles. The second-order valence-corrected chi connectivity index (χ2v) is 7.73. The second kappa shape index (κ2) is 6.93. The van der Waals surface area contributed by atoms with Gasteiger partial charge in [0.15, 0.2) is 0 Å². The van der Waals surface area contributed by atoms with Crippen LogP contribution in [0.5, 0.6) is 0 Å². The van der Waals surface area contributed by atoms with Crippen LogP contribution in [0.15, 0.2) is 47.1 Å². The number of carbonyl (C=O) groups is 1. The number of aryl methyl sites for hydroxylation is 1. The van der Waals surface area contributed by atoms with Crippen molar-refractivity contribution in [3.05, 3.63) is 63.5 Å². The maximum Gasteiger partial charge on any atom is 0.272 e. The van der Waals surface area contributed by atoms with Crippen molar-refractivity contribution >= 4 is 44.8 Å². The number of rotatable bonds is 2. The Hall–Kier alpha value is -2.05. The molecule has 7 heteroatoms. The lowest BCUT2D eigenvalue weighted by molar-refractivity contribution is 0.0739. The molecule has 5 nitrogen and oxygen atoms in total. The van der Waals surface area contributed by atoms with Gasteiger partial charge >= 0.3 is 0 Å². The van der Waals surface area contributed by atoms with Gasteiger partial charge in [-0.25, -0.2) is 4.98 Å². The number of nitrogens with zero attached hydrogens (tertiary/aromatic N) is 4. The highest BCUT2D eigenvalue weighted by atomic mass is 79.9. The Bertz CT molecular complexity index is 979. The van der Waals surface area contributed by atoms with Crippen LogP contribution in [0.1, 0.15) is 16.2 Å². The Kier molecular flexibility index (Phi) is 4.63. The first-order chi connectivity index (χ1) is 12.5. The quantitative estimate of drug-likeness (QED) is 0.613. The lowest BCUT2D eigenvalue weighted by Crippen LogP contribution is -2.49. The SMILES string of the molecule is Cc1nc2ccc(Br)cn2c1C(=O)N1CCN(c2cccc(Cl)c2)CC1. The summed E-state index contributed by atoms with van der Waals surface area (Å²) in [5.74, 6) is 0.0267. The topological polar surface area (TPSA) is 40.9 Å². The van der Waals surface area contributed by atoms with Crippen molar-refractivity contribution in [3.63, 3.8) is 0 Å². The molecule has 3 aromatic rings. The minimum absolute atomic E-state index is 0.0267. The van der Waals surface area contributed by atoms with Crippen LogP contribution in [0.4, 0.5) is 5.69 Å². The standard InChI is InChI=1S/C19H18BrClN4O/c1-13-18(25-12-14(20)5-6-17(25)22-13)19(26)24-9-7-23(8-10-24)16-4-2-3-15(21)11-16/h2-6,11-12H,7-10H2,1H3. The number of aromatic nitrogens is 2. The first kappa shape index (κ1) is 17.4. The zero-order chi connectivity index (χ0) is 18.3. The molecular formula is C19H18BrClN4O. The van der Waals surface area contributed by atoms with E-state index in [2.05, 4.69) is 31.9 Å². The number of piperazine rings is 1. The number of amides is 1. The van der Waals surface area contributed by atoms with Gasteiger partial charge in [0.2, 0.25) is 0 Å². The summed E-state index contributed by atoms with van der Waals surface area (Å²) in [5, 5.41) is 0.730. The van der Waals surface area contributed by atoms with Crippen LogP contribution in [-0.4, -0.2) is 46.4 Å². The zero-order valence-corrected chi connectivity index (χ0v) is 16.7. The highest BCUT2D eigenvalue weighted by Crippen LogP contribution is 2.22. The summed E-state index contributed by atoms with van der Waals surface area (Å²) in [6.07, 6.45) is 1.89. The van der Waals surface area contributed by atoms with Crippen LogP contribution in [0.2, 0.25) is 5.02 Å². The third-order valence-corrected chi connectivity index (χ3v) is 5.40. The van der Waals surface area contributed by atoms with Gasteiger partial charge in [0.25, 0.3) is 5.91 Å². The van der Waals surface area contributed by atoms with Crippen molar-refractivity contribution in [1.82, 2.24) is 14.3 Å². The van der Waals surface area contributed by atoms with Crippen LogP contribution in [-0.2, 0) is 0 Å². The van der Waals surface area contributed by atoms with Crippen LogP contribution in [0.25, 0.3) is 5.65 Å². The molecule has 0 radical (unpaired) electrons. The maximum absolute atomic E-state index is 13.1. The number of fused-ring (bicyclic) bond motifs is 1. The fourth-order valence-corrected chi connectivity index (χ4v) is 3.91. The number of carbonyl (C=O) groups excluding carboxylic acids is 1. The molecule has 3 heterocycles. The predicted molar refractivity (Wildman–Crippen MR) is 107 cm³/mol. The maximum atomic E-state index is 13.1. The molecule has 0 N–H and O–H groups in total. The monoisotopic (exact) mass is 432 g/mol. The molecule has 1 fully saturated rings. The molecule has 1 aliphatic rings. The van der Waals surface area contributed by atoms with Gasteiger partial charge in [0.05, 0.1) is 5.69 Å². The molecule has 4 rings (SSSR count). The fourth-order valence-electron chi connectivity index (χ4n) is 3.38. The first-order valence-electron chi connectivity index (χ1n) is 8.47. The molecule has 0 atom stereocenters. The molecule has 0 saturated carbocycles. The van der Waals surface area contributed by atoms with E-state index in [0.29, 0.717) is 18.8 Å². The number of pyridine rings is 1. The zero-order valence-electron chi connectivity index (χ0n) is 14.3. The Morgan fingerprint density at radius 1 is 1.15 bits per heavy atom. The van der Waals surface area contributed by atoms with Crippen molar-refractivity contribution in [2.75, 3.05) is 31.1 Å². The van der Waals surface area contributed by atoms with Gasteiger partial charge in [-0.1, -0.05) is 17.7 Å². The normalized spacial score (nSPS) is 14.9. The number of hydrogen-bond donors (Lipinski definition) is 0. The van der Waals surface area contributed by atoms with Gasteiger partial charge < -0.3 is 9.80 Å². The van der Waals surface area contributed by atoms with Crippen molar-refractivity contribution in [1.29, 1.82) is 0 Å². The third kappa shape index (κ3) is 3.19. The van der Waals surface area contributed by atoms with E-state index in [1.807, 2.05) is 52.8 Å². The van der Waals surface area contributed by atoms with Gasteiger partial charge in [-0.2, -0.15) is 0 Å². The van der Waals surface area contributed by atoms with Gasteiger partial charge in [0, 0.05) is 47.6 Å². The highest BCUT2D eigenvalue weighted by Gasteiger charge is 2.26. The van der Waals surface area contributed by atoms with Gasteiger partial charge in [-0.3, -0.25) is 9.20 Å². The molecule has 134 valence electrons. The molecule has 2 aromatic heterocycles. The van der Waals surface area contributed by atoms with E-state index in [1.165, 1.54) is 0 Å². The summed E-state index contributed by atoms with van der Waals surface area (Å²) in [5.41, 5.74) is 3.27. The molecule has 0 unspecified atom stereocenters. The summed E-state index contributed by atoms with van der Waals surface area (Å²) in [4.78, 5) is 21.8. The molecule has 1 saturated heterocycles. The summed E-state index contributed by atoms with van der Waals surface area (Å²) < 4.78 is 2.78. The van der Waals surface area contributed by atoms with E-state index in [0.717, 1.165) is 39.6 Å². The molecular weight excluding hydrogens is 416 g/mol. The lowest BCUT2D eigenvalue weighted by atomic mass is 10.2. The molecule has 1 amide bonds. The van der Waals surface area contributed by atoms with E-state index in [-0.39, 0.29) is 5.91 Å². The van der Waals surface area contributed by atoms with Crippen LogP contribution in [0, 0.1) is 6.92 Å². The second-order valence-electron chi connectivity index (χ2n) is 6.38. The Morgan fingerprint density at radius 2 is 1.92 bits per heavy atom. The van der Waals surface area contributed by atoms with E-state index in [9.17, 15) is 4.79 Å². The van der Waals surface area contributed by atoms with Crippen LogP contribution in [0.3, 0.4) is 0 Å². The van der Waals surface area contributed by atoms with Crippen LogP contribution < -0.4 is 4.90 Å². The van der Waals surface area contributed by atoms with Gasteiger partial charge in [0.1, 0.15) is 11.3 Å². The molecule has 26 heavy (non-hydrogen) atoms. The molecule has 0 spiro atoms. The number of imidazole rings is 1. The number of benzene rings is 1. The Labute approximate surface area is 165 Å². The average molecular weight is 434 g/mol. The Balaban J connectivity index is 1.54. The molecule has 0 bridgehead atoms. The number of halogens is 2. The third-order valence-electron chi connectivity index (χ3n) is 4.70. The van der Waals surface area contributed by atoms with Crippen molar-refractivity contribution in [2.24, 2.45) is 0 Å². The van der Waals surface area contributed by atoms with E-state index >= 15 is 0 Å². The smallest absolute Gasteiger partial charge is 0.272 e. The number of hydrogen-bond acceptors (Lipinski definition) is 3. The van der Waals surface area contributed by atoms with Gasteiger partial charge in [-0.15, -0.1) is 0 Å². The van der Waals surface area contributed by atoms with Gasteiger partial charge in [-0.05, 0) is 53.2 Å². The first-order valence-corrected chi connectivity index (χ1v) is 9.64. The number of anilines is 1. The average Bonchev–Trinajstić information content (AvgIpc) is 2.96. The summed E-state index contributed by atoms with van der Waals surface area (Å²) in [7, 11) is 0. The molecule has 1 aliphatic heterocycles. The lowest BCUT2D eigenvalue weighted by Gasteiger charge is -2.36. The van der Waals surface area contributed by atoms with E-state index < -0.39 is 0 Å². The van der Waals surface area contributed by atoms with Crippen LogP contribution >= 0.6 is 27.5 Å². The minimum atomic E-state index is 0.0267. The van der Waals surface area contributed by atoms with E-state index in [4.69, 9.17) is 11.6 Å².